The number of nitrogens with zero attached hydrogens (tertiary/aromatic N) is 1. The van der Waals surface area contributed by atoms with Crippen LogP contribution in [0.3, 0.4) is 0 Å². The fourth-order valence-electron chi connectivity index (χ4n) is 3.70. The minimum atomic E-state index is -4.41. The summed E-state index contributed by atoms with van der Waals surface area (Å²) in [5, 5.41) is 2.33. The summed E-state index contributed by atoms with van der Waals surface area (Å²) in [6, 6.07) is 8.78. The average molecular weight is 497 g/mol. The Hall–Kier alpha value is -2.59. The van der Waals surface area contributed by atoms with E-state index in [-0.39, 0.29) is 0 Å². The second kappa shape index (κ2) is 8.98. The highest BCUT2D eigenvalue weighted by atomic mass is 32.2. The van der Waals surface area contributed by atoms with Gasteiger partial charge in [0.05, 0.1) is 10.5 Å². The first-order valence-electron chi connectivity index (χ1n) is 10.3. The van der Waals surface area contributed by atoms with Crippen molar-refractivity contribution in [2.24, 2.45) is 0 Å². The molecule has 0 spiro atoms. The summed E-state index contributed by atoms with van der Waals surface area (Å²) in [5.74, 6) is 0.949. The normalized spacial score (nSPS) is 18.2. The number of hydrogen-bond acceptors (Lipinski definition) is 5. The standard InChI is InChI=1S/C23H23F3N2O3S2/c1-4-14-11-15(23(24,25)26)5-8-18(14)30-20-13-22(2,3)31-19-12-16(6-7-17(19)20)33(29)28-21-27-9-10-32-21/h5-12,20H,4,13H2,1-3H3,(H,27,28). The maximum Gasteiger partial charge on any atom is 0.416 e. The van der Waals surface area contributed by atoms with Gasteiger partial charge in [0.25, 0.3) is 0 Å². The van der Waals surface area contributed by atoms with Crippen LogP contribution in [0.15, 0.2) is 52.9 Å². The van der Waals surface area contributed by atoms with E-state index in [2.05, 4.69) is 9.71 Å². The lowest BCUT2D eigenvalue weighted by Crippen LogP contribution is -2.36. The summed E-state index contributed by atoms with van der Waals surface area (Å²) in [4.78, 5) is 4.60. The SMILES string of the molecule is CCc1cc(C(F)(F)F)ccc1OC1CC(C)(C)Oc2cc(S(=O)Nc3nccs3)ccc21. The van der Waals surface area contributed by atoms with Crippen LogP contribution in [0.25, 0.3) is 0 Å². The average Bonchev–Trinajstić information content (AvgIpc) is 3.25. The Kier molecular flexibility index (Phi) is 6.41. The number of rotatable bonds is 6. The van der Waals surface area contributed by atoms with Gasteiger partial charge in [-0.3, -0.25) is 4.72 Å². The van der Waals surface area contributed by atoms with Gasteiger partial charge in [-0.25, -0.2) is 9.19 Å². The molecule has 0 fully saturated rings. The van der Waals surface area contributed by atoms with E-state index < -0.39 is 34.4 Å². The van der Waals surface area contributed by atoms with E-state index in [9.17, 15) is 17.4 Å². The summed E-state index contributed by atoms with van der Waals surface area (Å²) in [7, 11) is -1.53. The molecule has 1 aromatic heterocycles. The molecule has 0 amide bonds. The molecule has 0 saturated heterocycles. The van der Waals surface area contributed by atoms with E-state index in [1.54, 1.807) is 36.7 Å². The number of benzene rings is 2. The number of aromatic nitrogens is 1. The molecular formula is C23H23F3N2O3S2. The molecular weight excluding hydrogens is 473 g/mol. The molecule has 2 heterocycles. The molecule has 1 N–H and O–H groups in total. The van der Waals surface area contributed by atoms with E-state index in [4.69, 9.17) is 9.47 Å². The van der Waals surface area contributed by atoms with Crippen molar-refractivity contribution < 1.29 is 26.9 Å². The number of hydrogen-bond donors (Lipinski definition) is 1. The zero-order chi connectivity index (χ0) is 23.8. The molecule has 4 rings (SSSR count). The fraction of sp³-hybridized carbons (Fsp3) is 0.348. The Bertz CT molecular complexity index is 1160. The summed E-state index contributed by atoms with van der Waals surface area (Å²) in [5.41, 5.74) is -0.0368. The molecule has 2 unspecified atom stereocenters. The highest BCUT2D eigenvalue weighted by molar-refractivity contribution is 7.86. The van der Waals surface area contributed by atoms with Crippen LogP contribution in [0.5, 0.6) is 11.5 Å². The van der Waals surface area contributed by atoms with Gasteiger partial charge >= 0.3 is 6.18 Å². The Morgan fingerprint density at radius 1 is 1.27 bits per heavy atom. The van der Waals surface area contributed by atoms with E-state index >= 15 is 0 Å². The number of nitrogens with one attached hydrogen (secondary N) is 1. The van der Waals surface area contributed by atoms with Crippen molar-refractivity contribution >= 4 is 27.5 Å². The lowest BCUT2D eigenvalue weighted by Gasteiger charge is -2.38. The molecule has 5 nitrogen and oxygen atoms in total. The van der Waals surface area contributed by atoms with E-state index in [1.165, 1.54) is 17.4 Å². The largest absolute Gasteiger partial charge is 0.487 e. The number of anilines is 1. The van der Waals surface area contributed by atoms with Gasteiger partial charge in [0.1, 0.15) is 23.2 Å². The molecule has 176 valence electrons. The van der Waals surface area contributed by atoms with Crippen molar-refractivity contribution in [3.05, 3.63) is 64.7 Å². The molecule has 0 aliphatic carbocycles. The van der Waals surface area contributed by atoms with Gasteiger partial charge in [0, 0.05) is 23.6 Å². The lowest BCUT2D eigenvalue weighted by atomic mass is 9.91. The topological polar surface area (TPSA) is 60.5 Å². The van der Waals surface area contributed by atoms with Crippen LogP contribution >= 0.6 is 11.3 Å². The van der Waals surface area contributed by atoms with Crippen LogP contribution in [-0.4, -0.2) is 14.8 Å². The third kappa shape index (κ3) is 5.33. The fourth-order valence-corrected chi connectivity index (χ4v) is 5.22. The molecule has 1 aliphatic rings. The Morgan fingerprint density at radius 3 is 2.73 bits per heavy atom. The highest BCUT2D eigenvalue weighted by Gasteiger charge is 2.36. The van der Waals surface area contributed by atoms with Crippen molar-refractivity contribution in [3.63, 3.8) is 0 Å². The maximum atomic E-state index is 13.1. The second-order valence-corrected chi connectivity index (χ2v) is 10.4. The van der Waals surface area contributed by atoms with Gasteiger partial charge in [-0.05, 0) is 56.2 Å². The monoisotopic (exact) mass is 496 g/mol. The van der Waals surface area contributed by atoms with Crippen molar-refractivity contribution in [1.82, 2.24) is 4.98 Å². The van der Waals surface area contributed by atoms with E-state index in [0.29, 0.717) is 39.9 Å². The Balaban J connectivity index is 1.63. The number of thiazole rings is 1. The molecule has 0 saturated carbocycles. The first-order valence-corrected chi connectivity index (χ1v) is 12.4. The van der Waals surface area contributed by atoms with Gasteiger partial charge in [-0.15, -0.1) is 11.3 Å². The minimum Gasteiger partial charge on any atom is -0.487 e. The first kappa shape index (κ1) is 23.6. The zero-order valence-electron chi connectivity index (χ0n) is 18.2. The van der Waals surface area contributed by atoms with E-state index in [1.807, 2.05) is 13.8 Å². The molecule has 0 radical (unpaired) electrons. The molecule has 1 aliphatic heterocycles. The third-order valence-electron chi connectivity index (χ3n) is 5.26. The van der Waals surface area contributed by atoms with Gasteiger partial charge in [-0.1, -0.05) is 13.0 Å². The molecule has 10 heteroatoms. The molecule has 3 aromatic rings. The number of aryl methyl sites for hydroxylation is 1. The lowest BCUT2D eigenvalue weighted by molar-refractivity contribution is -0.137. The van der Waals surface area contributed by atoms with Crippen LogP contribution in [0, 0.1) is 0 Å². The predicted octanol–water partition coefficient (Wildman–Crippen LogP) is 6.54. The van der Waals surface area contributed by atoms with Crippen LogP contribution < -0.4 is 14.2 Å². The minimum absolute atomic E-state index is 0.402. The van der Waals surface area contributed by atoms with Crippen molar-refractivity contribution in [3.8, 4) is 11.5 Å². The first-order chi connectivity index (χ1) is 15.6. The number of ether oxygens (including phenoxy) is 2. The van der Waals surface area contributed by atoms with Crippen molar-refractivity contribution in [2.75, 3.05) is 4.72 Å². The van der Waals surface area contributed by atoms with Crippen LogP contribution in [0.4, 0.5) is 18.3 Å². The summed E-state index contributed by atoms with van der Waals surface area (Å²) >= 11 is 1.35. The van der Waals surface area contributed by atoms with Gasteiger partial charge < -0.3 is 9.47 Å². The van der Waals surface area contributed by atoms with Crippen molar-refractivity contribution in [1.29, 1.82) is 0 Å². The quantitative estimate of drug-likeness (QED) is 0.421. The second-order valence-electron chi connectivity index (χ2n) is 8.25. The molecule has 2 atom stereocenters. The van der Waals surface area contributed by atoms with Gasteiger partial charge in [-0.2, -0.15) is 13.2 Å². The Morgan fingerprint density at radius 2 is 2.06 bits per heavy atom. The van der Waals surface area contributed by atoms with Gasteiger partial charge in [0.2, 0.25) is 0 Å². The zero-order valence-corrected chi connectivity index (χ0v) is 19.9. The smallest absolute Gasteiger partial charge is 0.416 e. The molecule has 2 aromatic carbocycles. The summed E-state index contributed by atoms with van der Waals surface area (Å²) in [6.07, 6.45) is -2.31. The van der Waals surface area contributed by atoms with Crippen molar-refractivity contribution in [2.45, 2.75) is 56.4 Å². The van der Waals surface area contributed by atoms with Crippen LogP contribution in [-0.2, 0) is 23.6 Å². The van der Waals surface area contributed by atoms with Gasteiger partial charge in [0.15, 0.2) is 16.1 Å². The molecule has 33 heavy (non-hydrogen) atoms. The summed E-state index contributed by atoms with van der Waals surface area (Å²) < 4.78 is 67.3. The highest BCUT2D eigenvalue weighted by Crippen LogP contribution is 2.43. The predicted molar refractivity (Wildman–Crippen MR) is 122 cm³/mol. The van der Waals surface area contributed by atoms with Crippen LogP contribution in [0.2, 0.25) is 0 Å². The summed E-state index contributed by atoms with van der Waals surface area (Å²) in [6.45, 7) is 5.62. The van der Waals surface area contributed by atoms with E-state index in [0.717, 1.165) is 17.7 Å². The maximum absolute atomic E-state index is 13.1. The number of fused-ring (bicyclic) bond motifs is 1. The molecule has 0 bridgehead atoms. The number of alkyl halides is 3. The Labute approximate surface area is 196 Å². The number of halogens is 3. The van der Waals surface area contributed by atoms with Crippen LogP contribution in [0.1, 0.15) is 50.0 Å². The third-order valence-corrected chi connectivity index (χ3v) is 7.14.